The predicted molar refractivity (Wildman–Crippen MR) is 105 cm³/mol. The van der Waals surface area contributed by atoms with Crippen molar-refractivity contribution in [2.45, 2.75) is 6.54 Å². The van der Waals surface area contributed by atoms with Gasteiger partial charge in [-0.3, -0.25) is 4.90 Å². The van der Waals surface area contributed by atoms with E-state index in [4.69, 9.17) is 16.3 Å². The Morgan fingerprint density at radius 3 is 2.46 bits per heavy atom. The Morgan fingerprint density at radius 1 is 1.18 bits per heavy atom. The average molecular weight is 406 g/mol. The molecule has 1 aliphatic heterocycles. The molecule has 0 saturated carbocycles. The van der Waals surface area contributed by atoms with Gasteiger partial charge < -0.3 is 15.0 Å². The maximum Gasteiger partial charge on any atom is 0.337 e. The summed E-state index contributed by atoms with van der Waals surface area (Å²) >= 11 is 5.93. The average Bonchev–Trinajstić information content (AvgIpc) is 2.74. The molecule has 2 aromatic carbocycles. The first-order valence-electron chi connectivity index (χ1n) is 8.89. The van der Waals surface area contributed by atoms with Gasteiger partial charge in [-0.1, -0.05) is 23.7 Å². The van der Waals surface area contributed by atoms with Crippen molar-refractivity contribution in [3.05, 3.63) is 64.4 Å². The molecule has 1 aliphatic rings. The number of halogens is 2. The zero-order valence-corrected chi connectivity index (χ0v) is 16.2. The van der Waals surface area contributed by atoms with Crippen LogP contribution in [0.15, 0.2) is 42.5 Å². The lowest BCUT2D eigenvalue weighted by Crippen LogP contribution is -2.51. The third-order valence-electron chi connectivity index (χ3n) is 4.55. The van der Waals surface area contributed by atoms with E-state index in [1.54, 1.807) is 34.1 Å². The number of piperazine rings is 1. The van der Waals surface area contributed by atoms with Gasteiger partial charge in [0, 0.05) is 31.9 Å². The van der Waals surface area contributed by atoms with Crippen LogP contribution < -0.4 is 10.2 Å². The number of benzene rings is 2. The largest absolute Gasteiger partial charge is 0.465 e. The molecule has 1 fully saturated rings. The number of nitrogens with one attached hydrogen (secondary N) is 1. The number of nitrogens with zero attached hydrogens (tertiary/aromatic N) is 2. The SMILES string of the molecule is COC(=O)c1ccc(CN(C(=O)N2CCNCC2)c2ccc(F)c(Cl)c2)cc1. The maximum atomic E-state index is 13.6. The molecule has 0 unspecified atom stereocenters. The summed E-state index contributed by atoms with van der Waals surface area (Å²) in [7, 11) is 1.32. The standard InChI is InChI=1S/C20H21ClFN3O3/c1-28-19(26)15-4-2-14(3-5-15)13-25(16-6-7-18(22)17(21)12-16)20(27)24-10-8-23-9-11-24/h2-7,12,23H,8-11,13H2,1H3. The lowest BCUT2D eigenvalue weighted by atomic mass is 10.1. The number of hydrogen-bond acceptors (Lipinski definition) is 4. The number of esters is 1. The van der Waals surface area contributed by atoms with E-state index in [2.05, 4.69) is 5.32 Å². The first-order chi connectivity index (χ1) is 13.5. The maximum absolute atomic E-state index is 13.6. The van der Waals surface area contributed by atoms with E-state index in [0.717, 1.165) is 18.7 Å². The fraction of sp³-hybridized carbons (Fsp3) is 0.300. The highest BCUT2D eigenvalue weighted by Gasteiger charge is 2.24. The van der Waals surface area contributed by atoms with Gasteiger partial charge in [-0.05, 0) is 35.9 Å². The summed E-state index contributed by atoms with van der Waals surface area (Å²) in [6.45, 7) is 2.87. The summed E-state index contributed by atoms with van der Waals surface area (Å²) in [4.78, 5) is 28.0. The van der Waals surface area contributed by atoms with Crippen LogP contribution in [0.5, 0.6) is 0 Å². The molecule has 0 spiro atoms. The number of urea groups is 1. The third kappa shape index (κ3) is 4.61. The second-order valence-corrected chi connectivity index (χ2v) is 6.80. The molecule has 0 radical (unpaired) electrons. The molecule has 148 valence electrons. The van der Waals surface area contributed by atoms with Crippen LogP contribution in [0.1, 0.15) is 15.9 Å². The molecule has 1 N–H and O–H groups in total. The molecular weight excluding hydrogens is 385 g/mol. The van der Waals surface area contributed by atoms with E-state index in [1.165, 1.54) is 25.3 Å². The van der Waals surface area contributed by atoms with Gasteiger partial charge in [0.15, 0.2) is 0 Å². The van der Waals surface area contributed by atoms with E-state index >= 15 is 0 Å². The molecule has 28 heavy (non-hydrogen) atoms. The predicted octanol–water partition coefficient (Wildman–Crippen LogP) is 3.30. The molecule has 1 saturated heterocycles. The van der Waals surface area contributed by atoms with Crippen LogP contribution in [0.4, 0.5) is 14.9 Å². The van der Waals surface area contributed by atoms with Gasteiger partial charge in [-0.15, -0.1) is 0 Å². The Bertz CT molecular complexity index is 854. The van der Waals surface area contributed by atoms with Crippen molar-refractivity contribution in [2.24, 2.45) is 0 Å². The monoisotopic (exact) mass is 405 g/mol. The van der Waals surface area contributed by atoms with E-state index in [-0.39, 0.29) is 17.6 Å². The fourth-order valence-electron chi connectivity index (χ4n) is 3.00. The topological polar surface area (TPSA) is 61.9 Å². The van der Waals surface area contributed by atoms with Gasteiger partial charge in [-0.25, -0.2) is 14.0 Å². The van der Waals surface area contributed by atoms with Gasteiger partial charge in [0.2, 0.25) is 0 Å². The number of carbonyl (C=O) groups is 2. The van der Waals surface area contributed by atoms with Gasteiger partial charge in [0.05, 0.1) is 24.2 Å². The van der Waals surface area contributed by atoms with Crippen LogP contribution >= 0.6 is 11.6 Å². The second kappa shape index (κ2) is 9.03. The third-order valence-corrected chi connectivity index (χ3v) is 4.84. The van der Waals surface area contributed by atoms with Gasteiger partial charge in [0.1, 0.15) is 5.82 Å². The van der Waals surface area contributed by atoms with Crippen molar-refractivity contribution in [3.63, 3.8) is 0 Å². The van der Waals surface area contributed by atoms with E-state index in [9.17, 15) is 14.0 Å². The number of amides is 2. The van der Waals surface area contributed by atoms with Crippen LogP contribution in [-0.4, -0.2) is 50.2 Å². The van der Waals surface area contributed by atoms with Crippen molar-refractivity contribution < 1.29 is 18.7 Å². The van der Waals surface area contributed by atoms with Gasteiger partial charge >= 0.3 is 12.0 Å². The van der Waals surface area contributed by atoms with Crippen molar-refractivity contribution in [1.29, 1.82) is 0 Å². The van der Waals surface area contributed by atoms with Crippen LogP contribution in [0, 0.1) is 5.82 Å². The molecule has 6 nitrogen and oxygen atoms in total. The Labute approximate surface area is 167 Å². The molecule has 2 amide bonds. The summed E-state index contributed by atoms with van der Waals surface area (Å²) < 4.78 is 18.3. The van der Waals surface area contributed by atoms with Gasteiger partial charge in [-0.2, -0.15) is 0 Å². The minimum Gasteiger partial charge on any atom is -0.465 e. The van der Waals surface area contributed by atoms with Crippen LogP contribution in [0.25, 0.3) is 0 Å². The number of methoxy groups -OCH3 is 1. The minimum atomic E-state index is -0.539. The summed E-state index contributed by atoms with van der Waals surface area (Å²) in [5.41, 5.74) is 1.75. The molecule has 2 aromatic rings. The summed E-state index contributed by atoms with van der Waals surface area (Å²) in [6, 6.07) is 10.9. The summed E-state index contributed by atoms with van der Waals surface area (Å²) in [6.07, 6.45) is 0. The van der Waals surface area contributed by atoms with Crippen LogP contribution in [0.2, 0.25) is 5.02 Å². The molecule has 0 aromatic heterocycles. The molecule has 0 bridgehead atoms. The van der Waals surface area contributed by atoms with E-state index in [1.807, 2.05) is 0 Å². The highest BCUT2D eigenvalue weighted by atomic mass is 35.5. The number of carbonyl (C=O) groups excluding carboxylic acids is 2. The molecule has 1 heterocycles. The number of ether oxygens (including phenoxy) is 1. The molecule has 0 atom stereocenters. The van der Waals surface area contributed by atoms with E-state index < -0.39 is 11.8 Å². The van der Waals surface area contributed by atoms with Crippen molar-refractivity contribution in [2.75, 3.05) is 38.2 Å². The number of rotatable bonds is 4. The molecule has 8 heteroatoms. The van der Waals surface area contributed by atoms with Crippen LogP contribution in [-0.2, 0) is 11.3 Å². The second-order valence-electron chi connectivity index (χ2n) is 6.39. The first kappa shape index (κ1) is 20.1. The van der Waals surface area contributed by atoms with E-state index in [0.29, 0.717) is 24.3 Å². The Morgan fingerprint density at radius 2 is 1.86 bits per heavy atom. The van der Waals surface area contributed by atoms with Gasteiger partial charge in [0.25, 0.3) is 0 Å². The zero-order valence-electron chi connectivity index (χ0n) is 15.5. The summed E-state index contributed by atoms with van der Waals surface area (Å²) in [5, 5.41) is 3.17. The summed E-state index contributed by atoms with van der Waals surface area (Å²) in [5.74, 6) is -0.965. The highest BCUT2D eigenvalue weighted by Crippen LogP contribution is 2.25. The first-order valence-corrected chi connectivity index (χ1v) is 9.27. The normalized spacial score (nSPS) is 13.9. The Kier molecular flexibility index (Phi) is 6.49. The quantitative estimate of drug-likeness (QED) is 0.793. The van der Waals surface area contributed by atoms with Crippen molar-refractivity contribution in [1.82, 2.24) is 10.2 Å². The van der Waals surface area contributed by atoms with Crippen LogP contribution in [0.3, 0.4) is 0 Å². The fourth-order valence-corrected chi connectivity index (χ4v) is 3.17. The van der Waals surface area contributed by atoms with Crippen molar-refractivity contribution >= 4 is 29.3 Å². The molecule has 3 rings (SSSR count). The molecule has 0 aliphatic carbocycles. The Balaban J connectivity index is 1.87. The lowest BCUT2D eigenvalue weighted by Gasteiger charge is -2.33. The smallest absolute Gasteiger partial charge is 0.337 e. The zero-order chi connectivity index (χ0) is 20.1. The minimum absolute atomic E-state index is 0.0448. The number of hydrogen-bond donors (Lipinski definition) is 1. The highest BCUT2D eigenvalue weighted by molar-refractivity contribution is 6.31. The Hall–Kier alpha value is -2.64. The lowest BCUT2D eigenvalue weighted by molar-refractivity contribution is 0.0600. The molecular formula is C20H21ClFN3O3. The van der Waals surface area contributed by atoms with Crippen molar-refractivity contribution in [3.8, 4) is 0 Å². The number of anilines is 1.